The van der Waals surface area contributed by atoms with Gasteiger partial charge in [0.05, 0.1) is 23.2 Å². The largest absolute Gasteiger partial charge is 0.395 e. The second-order valence-electron chi connectivity index (χ2n) is 5.72. The summed E-state index contributed by atoms with van der Waals surface area (Å²) in [6.07, 6.45) is 3.25. The lowest BCUT2D eigenvalue weighted by Crippen LogP contribution is -2.17. The Labute approximate surface area is 147 Å². The van der Waals surface area contributed by atoms with Crippen molar-refractivity contribution in [3.05, 3.63) is 58.8 Å². The molecule has 0 aliphatic rings. The van der Waals surface area contributed by atoms with E-state index in [9.17, 15) is 4.79 Å². The van der Waals surface area contributed by atoms with Crippen LogP contribution < -0.4 is 10.9 Å². The minimum atomic E-state index is -0.107. The van der Waals surface area contributed by atoms with Crippen LogP contribution in [-0.4, -0.2) is 32.8 Å². The summed E-state index contributed by atoms with van der Waals surface area (Å²) in [6, 6.07) is 9.58. The summed E-state index contributed by atoms with van der Waals surface area (Å²) in [5.74, 6) is 0. The maximum absolute atomic E-state index is 13.0. The van der Waals surface area contributed by atoms with Crippen LogP contribution in [0, 0.1) is 6.92 Å². The van der Waals surface area contributed by atoms with Crippen molar-refractivity contribution in [2.45, 2.75) is 6.92 Å². The van der Waals surface area contributed by atoms with Crippen molar-refractivity contribution < 1.29 is 5.11 Å². The Kier molecular flexibility index (Phi) is 3.95. The Morgan fingerprint density at radius 2 is 2.00 bits per heavy atom. The van der Waals surface area contributed by atoms with Gasteiger partial charge < -0.3 is 10.4 Å². The average molecular weight is 352 g/mol. The number of nitrogens with zero attached hydrogens (tertiary/aromatic N) is 3. The third-order valence-corrected chi connectivity index (χ3v) is 5.10. The van der Waals surface area contributed by atoms with Crippen molar-refractivity contribution in [1.82, 2.24) is 14.5 Å². The zero-order valence-electron chi connectivity index (χ0n) is 13.6. The first-order valence-corrected chi connectivity index (χ1v) is 8.71. The molecule has 0 saturated carbocycles. The van der Waals surface area contributed by atoms with Crippen LogP contribution in [0.15, 0.2) is 47.7 Å². The van der Waals surface area contributed by atoms with E-state index in [-0.39, 0.29) is 12.2 Å². The maximum Gasteiger partial charge on any atom is 0.275 e. The molecule has 0 radical (unpaired) electrons. The number of aliphatic hydroxyl groups is 1. The summed E-state index contributed by atoms with van der Waals surface area (Å²) in [4.78, 5) is 22.6. The molecule has 1 aromatic carbocycles. The summed E-state index contributed by atoms with van der Waals surface area (Å²) >= 11 is 1.34. The number of aryl methyl sites for hydroxylation is 1. The number of hydrogen-bond donors (Lipinski definition) is 2. The van der Waals surface area contributed by atoms with Gasteiger partial charge in [-0.25, -0.2) is 9.97 Å². The lowest BCUT2D eigenvalue weighted by molar-refractivity contribution is 0.311. The van der Waals surface area contributed by atoms with Crippen LogP contribution in [-0.2, 0) is 0 Å². The molecule has 6 nitrogen and oxygen atoms in total. The summed E-state index contributed by atoms with van der Waals surface area (Å²) in [6.45, 7) is 2.46. The van der Waals surface area contributed by atoms with Crippen LogP contribution in [0.2, 0.25) is 0 Å². The number of anilines is 1. The molecule has 0 aliphatic heterocycles. The summed E-state index contributed by atoms with van der Waals surface area (Å²) in [5.41, 5.74) is 3.28. The molecule has 0 amide bonds. The van der Waals surface area contributed by atoms with Crippen LogP contribution in [0.3, 0.4) is 0 Å². The molecule has 0 saturated heterocycles. The van der Waals surface area contributed by atoms with Gasteiger partial charge in [0.25, 0.3) is 5.56 Å². The molecule has 25 heavy (non-hydrogen) atoms. The fourth-order valence-electron chi connectivity index (χ4n) is 2.78. The Balaban J connectivity index is 1.95. The first kappa shape index (κ1) is 15.7. The highest BCUT2D eigenvalue weighted by atomic mass is 32.1. The molecule has 0 atom stereocenters. The monoisotopic (exact) mass is 352 g/mol. The molecule has 3 aromatic heterocycles. The van der Waals surface area contributed by atoms with Gasteiger partial charge in [-0.2, -0.15) is 0 Å². The highest BCUT2D eigenvalue weighted by molar-refractivity contribution is 7.25. The van der Waals surface area contributed by atoms with E-state index in [1.165, 1.54) is 11.3 Å². The number of benzene rings is 1. The van der Waals surface area contributed by atoms with E-state index in [0.717, 1.165) is 27.2 Å². The number of pyridine rings is 1. The van der Waals surface area contributed by atoms with Gasteiger partial charge in [0.2, 0.25) is 0 Å². The molecule has 0 aliphatic carbocycles. The van der Waals surface area contributed by atoms with Crippen LogP contribution in [0.5, 0.6) is 0 Å². The Bertz CT molecular complexity index is 1120. The van der Waals surface area contributed by atoms with Crippen LogP contribution in [0.4, 0.5) is 5.69 Å². The quantitative estimate of drug-likeness (QED) is 0.590. The van der Waals surface area contributed by atoms with Gasteiger partial charge in [-0.05, 0) is 25.1 Å². The third kappa shape index (κ3) is 2.67. The van der Waals surface area contributed by atoms with Gasteiger partial charge in [-0.15, -0.1) is 11.3 Å². The Morgan fingerprint density at radius 1 is 1.20 bits per heavy atom. The first-order valence-electron chi connectivity index (χ1n) is 7.89. The number of rotatable bonds is 4. The van der Waals surface area contributed by atoms with Crippen LogP contribution in [0.25, 0.3) is 26.1 Å². The summed E-state index contributed by atoms with van der Waals surface area (Å²) < 4.78 is 2.13. The molecule has 3 heterocycles. The van der Waals surface area contributed by atoms with Gasteiger partial charge in [0.1, 0.15) is 15.9 Å². The zero-order valence-corrected chi connectivity index (χ0v) is 14.4. The van der Waals surface area contributed by atoms with Crippen LogP contribution >= 0.6 is 11.3 Å². The molecule has 0 bridgehead atoms. The number of aromatic nitrogens is 3. The summed E-state index contributed by atoms with van der Waals surface area (Å²) in [5, 5.41) is 13.0. The fourth-order valence-corrected chi connectivity index (χ4v) is 3.83. The number of thiophene rings is 1. The molecule has 0 fully saturated rings. The van der Waals surface area contributed by atoms with E-state index in [2.05, 4.69) is 15.3 Å². The molecule has 2 N–H and O–H groups in total. The van der Waals surface area contributed by atoms with Crippen molar-refractivity contribution >= 4 is 37.5 Å². The second-order valence-corrected chi connectivity index (χ2v) is 6.72. The second kappa shape index (κ2) is 6.27. The highest BCUT2D eigenvalue weighted by Crippen LogP contribution is 2.34. The molecule has 7 heteroatoms. The molecule has 126 valence electrons. The molecule has 0 spiro atoms. The van der Waals surface area contributed by atoms with Crippen LogP contribution in [0.1, 0.15) is 5.56 Å². The Morgan fingerprint density at radius 3 is 2.76 bits per heavy atom. The van der Waals surface area contributed by atoms with Gasteiger partial charge in [-0.3, -0.25) is 9.36 Å². The Hall–Kier alpha value is -2.77. The fraction of sp³-hybridized carbons (Fsp3) is 0.167. The smallest absolute Gasteiger partial charge is 0.275 e. The topological polar surface area (TPSA) is 80.0 Å². The lowest BCUT2D eigenvalue weighted by Gasteiger charge is -2.07. The van der Waals surface area contributed by atoms with Gasteiger partial charge >= 0.3 is 0 Å². The lowest BCUT2D eigenvalue weighted by atomic mass is 10.2. The SMILES string of the molecule is Cc1ccc(-n2cnc3c(sc4nccc(NCCO)c43)c2=O)cc1. The van der Waals surface area contributed by atoms with E-state index >= 15 is 0 Å². The van der Waals surface area contributed by atoms with Crippen molar-refractivity contribution in [1.29, 1.82) is 0 Å². The molecular formula is C18H16N4O2S. The van der Waals surface area contributed by atoms with Gasteiger partial charge in [-0.1, -0.05) is 17.7 Å². The van der Waals surface area contributed by atoms with E-state index in [4.69, 9.17) is 5.11 Å². The number of fused-ring (bicyclic) bond motifs is 3. The maximum atomic E-state index is 13.0. The highest BCUT2D eigenvalue weighted by Gasteiger charge is 2.15. The van der Waals surface area contributed by atoms with Crippen molar-refractivity contribution in [3.8, 4) is 5.69 Å². The van der Waals surface area contributed by atoms with E-state index in [1.54, 1.807) is 17.1 Å². The zero-order chi connectivity index (χ0) is 17.4. The van der Waals surface area contributed by atoms with E-state index in [1.807, 2.05) is 37.3 Å². The minimum Gasteiger partial charge on any atom is -0.395 e. The minimum absolute atomic E-state index is 0.0273. The van der Waals surface area contributed by atoms with E-state index in [0.29, 0.717) is 16.8 Å². The third-order valence-electron chi connectivity index (χ3n) is 4.02. The molecule has 4 aromatic rings. The number of nitrogens with one attached hydrogen (secondary N) is 1. The normalized spacial score (nSPS) is 11.3. The molecule has 0 unspecified atom stereocenters. The van der Waals surface area contributed by atoms with Crippen molar-refractivity contribution in [2.24, 2.45) is 0 Å². The van der Waals surface area contributed by atoms with Crippen molar-refractivity contribution in [2.75, 3.05) is 18.5 Å². The van der Waals surface area contributed by atoms with Crippen molar-refractivity contribution in [3.63, 3.8) is 0 Å². The van der Waals surface area contributed by atoms with Gasteiger partial charge in [0.15, 0.2) is 0 Å². The first-order chi connectivity index (χ1) is 12.2. The van der Waals surface area contributed by atoms with Gasteiger partial charge in [0, 0.05) is 18.4 Å². The predicted molar refractivity (Wildman–Crippen MR) is 101 cm³/mol. The standard InChI is InChI=1S/C18H16N4O2S/c1-11-2-4-12(5-3-11)22-10-21-15-14-13(19-8-9-23)6-7-20-17(14)25-16(15)18(22)24/h2-7,10,23H,8-9H2,1H3,(H,19,20). The molecular weight excluding hydrogens is 336 g/mol. The summed E-state index contributed by atoms with van der Waals surface area (Å²) in [7, 11) is 0. The predicted octanol–water partition coefficient (Wildman–Crippen LogP) is 2.71. The number of aliphatic hydroxyl groups excluding tert-OH is 1. The average Bonchev–Trinajstić information content (AvgIpc) is 3.01. The molecule has 4 rings (SSSR count). The number of hydrogen-bond acceptors (Lipinski definition) is 6. The van der Waals surface area contributed by atoms with E-state index < -0.39 is 0 Å².